The average molecular weight is 275 g/mol. The second-order valence-electron chi connectivity index (χ2n) is 5.43. The van der Waals surface area contributed by atoms with Crippen LogP contribution in [0, 0.1) is 5.41 Å². The van der Waals surface area contributed by atoms with Gasteiger partial charge in [-0.3, -0.25) is 4.79 Å². The Morgan fingerprint density at radius 3 is 2.56 bits per heavy atom. The molecule has 0 heterocycles. The highest BCUT2D eigenvalue weighted by atomic mass is 35.5. The SMILES string of the molecule is C=CCC(C)NC(=O)CC1(CN)CCCCC1.Cl. The standard InChI is InChI=1S/C14H26N2O.ClH/c1-3-7-12(2)16-13(17)10-14(11-15)8-5-4-6-9-14;/h3,12H,1,4-11,15H2,2H3,(H,16,17);1H. The molecule has 1 unspecified atom stereocenters. The van der Waals surface area contributed by atoms with E-state index in [0.717, 1.165) is 19.3 Å². The quantitative estimate of drug-likeness (QED) is 0.732. The van der Waals surface area contributed by atoms with E-state index in [1.54, 1.807) is 0 Å². The Kier molecular flexibility index (Phi) is 8.29. The van der Waals surface area contributed by atoms with Gasteiger partial charge in [0.15, 0.2) is 0 Å². The van der Waals surface area contributed by atoms with Crippen LogP contribution in [0.15, 0.2) is 12.7 Å². The molecule has 3 N–H and O–H groups in total. The van der Waals surface area contributed by atoms with Crippen LogP contribution in [0.2, 0.25) is 0 Å². The van der Waals surface area contributed by atoms with E-state index in [9.17, 15) is 4.79 Å². The van der Waals surface area contributed by atoms with Crippen molar-refractivity contribution in [1.82, 2.24) is 5.32 Å². The lowest BCUT2D eigenvalue weighted by Gasteiger charge is -2.35. The first-order valence-corrected chi connectivity index (χ1v) is 6.72. The highest BCUT2D eigenvalue weighted by Crippen LogP contribution is 2.38. The fourth-order valence-electron chi connectivity index (χ4n) is 2.73. The van der Waals surface area contributed by atoms with Crippen molar-refractivity contribution in [2.75, 3.05) is 6.54 Å². The van der Waals surface area contributed by atoms with Gasteiger partial charge in [-0.05, 0) is 38.1 Å². The van der Waals surface area contributed by atoms with Crippen molar-refractivity contribution >= 4 is 18.3 Å². The van der Waals surface area contributed by atoms with Gasteiger partial charge in [0.1, 0.15) is 0 Å². The molecule has 1 atom stereocenters. The molecule has 0 aromatic heterocycles. The first-order chi connectivity index (χ1) is 8.12. The number of carbonyl (C=O) groups is 1. The number of amides is 1. The molecule has 1 amide bonds. The summed E-state index contributed by atoms with van der Waals surface area (Å²) < 4.78 is 0. The predicted molar refractivity (Wildman–Crippen MR) is 78.9 cm³/mol. The van der Waals surface area contributed by atoms with Crippen molar-refractivity contribution in [2.45, 2.75) is 57.9 Å². The van der Waals surface area contributed by atoms with Crippen molar-refractivity contribution in [3.8, 4) is 0 Å². The smallest absolute Gasteiger partial charge is 0.220 e. The molecule has 1 saturated carbocycles. The van der Waals surface area contributed by atoms with E-state index < -0.39 is 0 Å². The fourth-order valence-corrected chi connectivity index (χ4v) is 2.73. The summed E-state index contributed by atoms with van der Waals surface area (Å²) >= 11 is 0. The number of nitrogens with two attached hydrogens (primary N) is 1. The minimum absolute atomic E-state index is 0. The van der Waals surface area contributed by atoms with Crippen LogP contribution in [0.25, 0.3) is 0 Å². The zero-order valence-corrected chi connectivity index (χ0v) is 12.2. The van der Waals surface area contributed by atoms with Crippen LogP contribution in [0.3, 0.4) is 0 Å². The number of hydrogen-bond acceptors (Lipinski definition) is 2. The summed E-state index contributed by atoms with van der Waals surface area (Å²) in [6, 6.07) is 0.179. The summed E-state index contributed by atoms with van der Waals surface area (Å²) in [6.45, 7) is 6.33. The molecular weight excluding hydrogens is 248 g/mol. The first-order valence-electron chi connectivity index (χ1n) is 6.72. The Hall–Kier alpha value is -0.540. The topological polar surface area (TPSA) is 55.1 Å². The van der Waals surface area contributed by atoms with Crippen LogP contribution in [0.4, 0.5) is 0 Å². The molecule has 0 aliphatic heterocycles. The lowest BCUT2D eigenvalue weighted by molar-refractivity contribution is -0.124. The zero-order chi connectivity index (χ0) is 12.7. The monoisotopic (exact) mass is 274 g/mol. The lowest BCUT2D eigenvalue weighted by Crippen LogP contribution is -2.41. The molecule has 1 aliphatic rings. The largest absolute Gasteiger partial charge is 0.353 e. The Labute approximate surface area is 117 Å². The molecule has 0 bridgehead atoms. The third-order valence-electron chi connectivity index (χ3n) is 3.81. The summed E-state index contributed by atoms with van der Waals surface area (Å²) in [5.74, 6) is 0.145. The molecule has 0 aromatic carbocycles. The normalized spacial score (nSPS) is 19.4. The van der Waals surface area contributed by atoms with Crippen molar-refractivity contribution in [2.24, 2.45) is 11.1 Å². The molecule has 0 radical (unpaired) electrons. The highest BCUT2D eigenvalue weighted by molar-refractivity contribution is 5.85. The van der Waals surface area contributed by atoms with E-state index in [4.69, 9.17) is 5.73 Å². The number of carbonyl (C=O) groups excluding carboxylic acids is 1. The van der Waals surface area contributed by atoms with Gasteiger partial charge >= 0.3 is 0 Å². The molecule has 1 rings (SSSR count). The maximum atomic E-state index is 12.0. The van der Waals surface area contributed by atoms with Crippen LogP contribution >= 0.6 is 12.4 Å². The molecule has 106 valence electrons. The van der Waals surface area contributed by atoms with E-state index in [-0.39, 0.29) is 29.8 Å². The maximum Gasteiger partial charge on any atom is 0.220 e. The second kappa shape index (κ2) is 8.54. The number of nitrogens with one attached hydrogen (secondary N) is 1. The molecule has 1 fully saturated rings. The molecular formula is C14H27ClN2O. The Morgan fingerprint density at radius 2 is 2.06 bits per heavy atom. The van der Waals surface area contributed by atoms with E-state index in [1.807, 2.05) is 13.0 Å². The Morgan fingerprint density at radius 1 is 1.44 bits per heavy atom. The molecule has 3 nitrogen and oxygen atoms in total. The summed E-state index contributed by atoms with van der Waals surface area (Å²) in [5, 5.41) is 3.02. The van der Waals surface area contributed by atoms with Gasteiger partial charge in [-0.15, -0.1) is 19.0 Å². The van der Waals surface area contributed by atoms with Crippen LogP contribution in [-0.4, -0.2) is 18.5 Å². The molecule has 18 heavy (non-hydrogen) atoms. The lowest BCUT2D eigenvalue weighted by atomic mass is 9.71. The van der Waals surface area contributed by atoms with Gasteiger partial charge in [-0.25, -0.2) is 0 Å². The van der Waals surface area contributed by atoms with Gasteiger partial charge in [0.2, 0.25) is 5.91 Å². The van der Waals surface area contributed by atoms with E-state index in [2.05, 4.69) is 11.9 Å². The minimum atomic E-state index is 0. The van der Waals surface area contributed by atoms with Crippen LogP contribution in [0.1, 0.15) is 51.9 Å². The summed E-state index contributed by atoms with van der Waals surface area (Å²) in [5.41, 5.74) is 5.95. The molecule has 0 saturated heterocycles. The number of rotatable bonds is 6. The van der Waals surface area contributed by atoms with Crippen molar-refractivity contribution in [3.63, 3.8) is 0 Å². The summed E-state index contributed by atoms with van der Waals surface area (Å²) in [6.07, 6.45) is 9.17. The van der Waals surface area contributed by atoms with Crippen LogP contribution in [-0.2, 0) is 4.79 Å². The van der Waals surface area contributed by atoms with Gasteiger partial charge < -0.3 is 11.1 Å². The summed E-state index contributed by atoms with van der Waals surface area (Å²) in [4.78, 5) is 12.0. The Balaban J connectivity index is 0.00000289. The van der Waals surface area contributed by atoms with Crippen LogP contribution in [0.5, 0.6) is 0 Å². The van der Waals surface area contributed by atoms with Crippen molar-refractivity contribution < 1.29 is 4.79 Å². The Bertz CT molecular complexity index is 263. The molecule has 0 spiro atoms. The van der Waals surface area contributed by atoms with Crippen LogP contribution < -0.4 is 11.1 Å². The van der Waals surface area contributed by atoms with Crippen molar-refractivity contribution in [3.05, 3.63) is 12.7 Å². The predicted octanol–water partition coefficient (Wildman–Crippen LogP) is 2.79. The van der Waals surface area contributed by atoms with Gasteiger partial charge in [-0.2, -0.15) is 0 Å². The average Bonchev–Trinajstić information content (AvgIpc) is 2.30. The first kappa shape index (κ1) is 17.5. The van der Waals surface area contributed by atoms with Gasteiger partial charge in [-0.1, -0.05) is 25.3 Å². The molecule has 0 aromatic rings. The summed E-state index contributed by atoms with van der Waals surface area (Å²) in [7, 11) is 0. The van der Waals surface area contributed by atoms with Crippen molar-refractivity contribution in [1.29, 1.82) is 0 Å². The zero-order valence-electron chi connectivity index (χ0n) is 11.4. The van der Waals surface area contributed by atoms with E-state index in [1.165, 1.54) is 19.3 Å². The maximum absolute atomic E-state index is 12.0. The third kappa shape index (κ3) is 5.40. The van der Waals surface area contributed by atoms with Gasteiger partial charge in [0.25, 0.3) is 0 Å². The van der Waals surface area contributed by atoms with E-state index in [0.29, 0.717) is 13.0 Å². The molecule has 4 heteroatoms. The minimum Gasteiger partial charge on any atom is -0.353 e. The van der Waals surface area contributed by atoms with Gasteiger partial charge in [0, 0.05) is 12.5 Å². The number of hydrogen-bond donors (Lipinski definition) is 2. The second-order valence-corrected chi connectivity index (χ2v) is 5.43. The van der Waals surface area contributed by atoms with E-state index >= 15 is 0 Å². The highest BCUT2D eigenvalue weighted by Gasteiger charge is 2.33. The third-order valence-corrected chi connectivity index (χ3v) is 3.81. The van der Waals surface area contributed by atoms with Gasteiger partial charge in [0.05, 0.1) is 0 Å². The number of halogens is 1. The molecule has 1 aliphatic carbocycles. The fraction of sp³-hybridized carbons (Fsp3) is 0.786.